The average molecular weight is 280 g/mol. The molecule has 1 fully saturated rings. The third-order valence-electron chi connectivity index (χ3n) is 3.63. The molecule has 1 aliphatic rings. The molecule has 1 atom stereocenters. The maximum atomic E-state index is 10.9. The number of methoxy groups -OCH3 is 1. The van der Waals surface area contributed by atoms with Crippen LogP contribution in [0.4, 0.5) is 0 Å². The number of rotatable bonds is 3. The minimum Gasteiger partial charge on any atom is -0.496 e. The number of hydrogen-bond donors (Lipinski definition) is 1. The van der Waals surface area contributed by atoms with Gasteiger partial charge in [0.05, 0.1) is 12.7 Å². The summed E-state index contributed by atoms with van der Waals surface area (Å²) in [5.74, 6) is 2.82. The lowest BCUT2D eigenvalue weighted by Crippen LogP contribution is -2.44. The van der Waals surface area contributed by atoms with E-state index in [1.807, 2.05) is 23.9 Å². The number of ether oxygens (including phenoxy) is 1. The zero-order chi connectivity index (χ0) is 14.1. The Bertz CT molecular complexity index is 456. The van der Waals surface area contributed by atoms with E-state index in [2.05, 4.69) is 26.8 Å². The first-order valence-corrected chi connectivity index (χ1v) is 7.93. The third-order valence-corrected chi connectivity index (χ3v) is 5.35. The van der Waals surface area contributed by atoms with E-state index in [4.69, 9.17) is 4.74 Å². The summed E-state index contributed by atoms with van der Waals surface area (Å²) in [6.45, 7) is 6.54. The molecule has 1 aliphatic heterocycles. The van der Waals surface area contributed by atoms with Gasteiger partial charge in [-0.15, -0.1) is 0 Å². The minimum atomic E-state index is -0.618. The molecule has 1 N–H and O–H groups in total. The van der Waals surface area contributed by atoms with Gasteiger partial charge in [-0.05, 0) is 36.1 Å². The van der Waals surface area contributed by atoms with Crippen molar-refractivity contribution < 1.29 is 9.84 Å². The van der Waals surface area contributed by atoms with E-state index in [9.17, 15) is 5.11 Å². The highest BCUT2D eigenvalue weighted by Gasteiger charge is 2.39. The van der Waals surface area contributed by atoms with Crippen LogP contribution < -0.4 is 4.74 Å². The average Bonchev–Trinajstić information content (AvgIpc) is 2.26. The van der Waals surface area contributed by atoms with Gasteiger partial charge in [-0.25, -0.2) is 0 Å². The van der Waals surface area contributed by atoms with Crippen LogP contribution in [0.1, 0.15) is 31.4 Å². The Hall–Kier alpha value is -0.670. The summed E-state index contributed by atoms with van der Waals surface area (Å²) in [5, 5.41) is 10.9. The molecule has 1 heterocycles. The standard InChI is InChI=1S/C16H24O2S/c1-12-5-6-14(18-4)13(7-12)8-16(17)9-15(2,3)10-19-11-16/h5-7,17H,8-11H2,1-4H3. The van der Waals surface area contributed by atoms with Crippen LogP contribution in [0.15, 0.2) is 18.2 Å². The molecule has 0 saturated carbocycles. The van der Waals surface area contributed by atoms with Gasteiger partial charge >= 0.3 is 0 Å². The van der Waals surface area contributed by atoms with Crippen molar-refractivity contribution in [1.29, 1.82) is 0 Å². The van der Waals surface area contributed by atoms with Crippen molar-refractivity contribution in [2.24, 2.45) is 5.41 Å². The number of aryl methyl sites for hydroxylation is 1. The maximum absolute atomic E-state index is 10.9. The van der Waals surface area contributed by atoms with Crippen LogP contribution in [0, 0.1) is 12.3 Å². The fraction of sp³-hybridized carbons (Fsp3) is 0.625. The van der Waals surface area contributed by atoms with Gasteiger partial charge in [0.1, 0.15) is 5.75 Å². The monoisotopic (exact) mass is 280 g/mol. The first kappa shape index (κ1) is 14.7. The predicted molar refractivity (Wildman–Crippen MR) is 82.1 cm³/mol. The molecule has 106 valence electrons. The molecule has 1 unspecified atom stereocenters. The van der Waals surface area contributed by atoms with E-state index in [1.165, 1.54) is 5.56 Å². The zero-order valence-electron chi connectivity index (χ0n) is 12.3. The molecule has 0 aliphatic carbocycles. The second-order valence-electron chi connectivity index (χ2n) is 6.55. The molecular formula is C16H24O2S. The van der Waals surface area contributed by atoms with Crippen LogP contribution in [0.5, 0.6) is 5.75 Å². The number of thioether (sulfide) groups is 1. The Morgan fingerprint density at radius 3 is 2.68 bits per heavy atom. The fourth-order valence-electron chi connectivity index (χ4n) is 3.02. The Morgan fingerprint density at radius 2 is 2.05 bits per heavy atom. The molecule has 0 bridgehead atoms. The summed E-state index contributed by atoms with van der Waals surface area (Å²) >= 11 is 1.85. The first-order valence-electron chi connectivity index (χ1n) is 6.77. The van der Waals surface area contributed by atoms with Crippen molar-refractivity contribution in [1.82, 2.24) is 0 Å². The van der Waals surface area contributed by atoms with Crippen molar-refractivity contribution >= 4 is 11.8 Å². The SMILES string of the molecule is COc1ccc(C)cc1CC1(O)CSCC(C)(C)C1. The van der Waals surface area contributed by atoms with Crippen molar-refractivity contribution in [2.75, 3.05) is 18.6 Å². The minimum absolute atomic E-state index is 0.203. The summed E-state index contributed by atoms with van der Waals surface area (Å²) in [7, 11) is 1.69. The summed E-state index contributed by atoms with van der Waals surface area (Å²) in [5.41, 5.74) is 1.91. The molecule has 2 nitrogen and oxygen atoms in total. The quantitative estimate of drug-likeness (QED) is 0.919. The molecule has 1 aromatic rings. The second-order valence-corrected chi connectivity index (χ2v) is 7.54. The molecule has 19 heavy (non-hydrogen) atoms. The van der Waals surface area contributed by atoms with Gasteiger partial charge in [-0.1, -0.05) is 31.5 Å². The van der Waals surface area contributed by atoms with Gasteiger partial charge in [0, 0.05) is 12.2 Å². The van der Waals surface area contributed by atoms with Gasteiger partial charge in [-0.3, -0.25) is 0 Å². The third kappa shape index (κ3) is 3.67. The Balaban J connectivity index is 2.22. The molecule has 1 aromatic carbocycles. The van der Waals surface area contributed by atoms with Crippen molar-refractivity contribution in [3.63, 3.8) is 0 Å². The van der Waals surface area contributed by atoms with Crippen LogP contribution >= 0.6 is 11.8 Å². The molecule has 3 heteroatoms. The van der Waals surface area contributed by atoms with Crippen LogP contribution in [0.25, 0.3) is 0 Å². The Morgan fingerprint density at radius 1 is 1.32 bits per heavy atom. The summed E-state index contributed by atoms with van der Waals surface area (Å²) in [4.78, 5) is 0. The van der Waals surface area contributed by atoms with Crippen LogP contribution in [-0.2, 0) is 6.42 Å². The van der Waals surface area contributed by atoms with Gasteiger partial charge in [0.25, 0.3) is 0 Å². The van der Waals surface area contributed by atoms with E-state index in [0.29, 0.717) is 6.42 Å². The van der Waals surface area contributed by atoms with E-state index in [-0.39, 0.29) is 5.41 Å². The Labute approximate surface area is 120 Å². The lowest BCUT2D eigenvalue weighted by atomic mass is 9.79. The van der Waals surface area contributed by atoms with Crippen LogP contribution in [-0.4, -0.2) is 29.3 Å². The number of aliphatic hydroxyl groups is 1. The highest BCUT2D eigenvalue weighted by Crippen LogP contribution is 2.41. The zero-order valence-corrected chi connectivity index (χ0v) is 13.1. The van der Waals surface area contributed by atoms with Gasteiger partial charge in [0.2, 0.25) is 0 Å². The molecular weight excluding hydrogens is 256 g/mol. The van der Waals surface area contributed by atoms with Crippen molar-refractivity contribution in [3.8, 4) is 5.75 Å². The van der Waals surface area contributed by atoms with E-state index >= 15 is 0 Å². The topological polar surface area (TPSA) is 29.5 Å². The molecule has 0 radical (unpaired) electrons. The normalized spacial score (nSPS) is 26.2. The molecule has 0 aromatic heterocycles. The van der Waals surface area contributed by atoms with Crippen molar-refractivity contribution in [2.45, 2.75) is 39.2 Å². The number of hydrogen-bond acceptors (Lipinski definition) is 3. The lowest BCUT2D eigenvalue weighted by molar-refractivity contribution is 0.0195. The largest absolute Gasteiger partial charge is 0.496 e. The van der Waals surface area contributed by atoms with Gasteiger partial charge < -0.3 is 9.84 Å². The molecule has 1 saturated heterocycles. The first-order chi connectivity index (χ1) is 8.84. The highest BCUT2D eigenvalue weighted by molar-refractivity contribution is 7.99. The van der Waals surface area contributed by atoms with E-state index in [0.717, 1.165) is 29.2 Å². The summed E-state index contributed by atoms with van der Waals surface area (Å²) < 4.78 is 5.42. The van der Waals surface area contributed by atoms with Gasteiger partial charge in [-0.2, -0.15) is 11.8 Å². The summed E-state index contributed by atoms with van der Waals surface area (Å²) in [6.07, 6.45) is 1.53. The van der Waals surface area contributed by atoms with Gasteiger partial charge in [0.15, 0.2) is 0 Å². The van der Waals surface area contributed by atoms with E-state index < -0.39 is 5.60 Å². The van der Waals surface area contributed by atoms with Crippen LogP contribution in [0.2, 0.25) is 0 Å². The van der Waals surface area contributed by atoms with E-state index in [1.54, 1.807) is 7.11 Å². The fourth-order valence-corrected chi connectivity index (χ4v) is 4.36. The summed E-state index contributed by atoms with van der Waals surface area (Å²) in [6, 6.07) is 6.17. The smallest absolute Gasteiger partial charge is 0.122 e. The van der Waals surface area contributed by atoms with Crippen molar-refractivity contribution in [3.05, 3.63) is 29.3 Å². The maximum Gasteiger partial charge on any atom is 0.122 e. The molecule has 2 rings (SSSR count). The lowest BCUT2D eigenvalue weighted by Gasteiger charge is -2.41. The Kier molecular flexibility index (Phi) is 4.17. The predicted octanol–water partition coefficient (Wildman–Crippen LogP) is 3.44. The second kappa shape index (κ2) is 5.37. The molecule has 0 amide bonds. The highest BCUT2D eigenvalue weighted by atomic mass is 32.2. The molecule has 0 spiro atoms. The van der Waals surface area contributed by atoms with Crippen LogP contribution in [0.3, 0.4) is 0 Å². The number of benzene rings is 1.